The molecule has 4 heteroatoms. The lowest BCUT2D eigenvalue weighted by Crippen LogP contribution is -2.19. The smallest absolute Gasteiger partial charge is 0.0644 e. The molecule has 17 heavy (non-hydrogen) atoms. The van der Waals surface area contributed by atoms with Gasteiger partial charge >= 0.3 is 0 Å². The molecule has 0 saturated heterocycles. The first-order valence-corrected chi connectivity index (χ1v) is 6.38. The number of aromatic nitrogens is 2. The molecule has 4 nitrogen and oxygen atoms in total. The van der Waals surface area contributed by atoms with Crippen molar-refractivity contribution >= 4 is 0 Å². The Balaban J connectivity index is 2.78. The zero-order chi connectivity index (χ0) is 12.8. The predicted molar refractivity (Wildman–Crippen MR) is 70.3 cm³/mol. The van der Waals surface area contributed by atoms with Gasteiger partial charge in [-0.25, -0.2) is 0 Å². The lowest BCUT2D eigenvalue weighted by molar-refractivity contribution is 0.188. The summed E-state index contributed by atoms with van der Waals surface area (Å²) in [5, 5.41) is 8.05. The van der Waals surface area contributed by atoms with E-state index in [1.54, 1.807) is 7.11 Å². The second-order valence-corrected chi connectivity index (χ2v) is 4.43. The lowest BCUT2D eigenvalue weighted by Gasteiger charge is -2.13. The largest absolute Gasteiger partial charge is 0.385 e. The number of nitrogens with zero attached hydrogens (tertiary/aromatic N) is 2. The van der Waals surface area contributed by atoms with E-state index in [-0.39, 0.29) is 0 Å². The van der Waals surface area contributed by atoms with E-state index in [1.807, 2.05) is 0 Å². The predicted octanol–water partition coefficient (Wildman–Crippen LogP) is 2.21. The Bertz CT molecular complexity index is 347. The van der Waals surface area contributed by atoms with E-state index < -0.39 is 0 Å². The first-order chi connectivity index (χ1) is 8.11. The molecule has 0 radical (unpaired) electrons. The molecule has 1 unspecified atom stereocenters. The monoisotopic (exact) mass is 239 g/mol. The highest BCUT2D eigenvalue weighted by atomic mass is 16.5. The van der Waals surface area contributed by atoms with Gasteiger partial charge in [0, 0.05) is 37.6 Å². The van der Waals surface area contributed by atoms with Gasteiger partial charge in [0.25, 0.3) is 0 Å². The van der Waals surface area contributed by atoms with Crippen LogP contribution in [0, 0.1) is 13.8 Å². The molecule has 0 bridgehead atoms. The Morgan fingerprint density at radius 2 is 2.12 bits per heavy atom. The highest BCUT2D eigenvalue weighted by Crippen LogP contribution is 2.21. The van der Waals surface area contributed by atoms with E-state index in [4.69, 9.17) is 4.74 Å². The Kier molecular flexibility index (Phi) is 5.65. The molecule has 0 amide bonds. The van der Waals surface area contributed by atoms with Crippen molar-refractivity contribution in [2.24, 2.45) is 0 Å². The van der Waals surface area contributed by atoms with Gasteiger partial charge < -0.3 is 10.1 Å². The molecular formula is C13H25N3O. The SMILES string of the molecule is CCNC(C)c1c(C)nn(CCCOC)c1C. The van der Waals surface area contributed by atoms with Crippen molar-refractivity contribution in [2.75, 3.05) is 20.3 Å². The molecule has 0 aliphatic heterocycles. The molecule has 1 N–H and O–H groups in total. The normalized spacial score (nSPS) is 13.0. The minimum atomic E-state index is 0.371. The maximum absolute atomic E-state index is 5.07. The second kappa shape index (κ2) is 6.77. The molecule has 1 aromatic heterocycles. The van der Waals surface area contributed by atoms with Gasteiger partial charge in [0.1, 0.15) is 0 Å². The number of methoxy groups -OCH3 is 1. The van der Waals surface area contributed by atoms with Crippen molar-refractivity contribution in [3.8, 4) is 0 Å². The summed E-state index contributed by atoms with van der Waals surface area (Å²) in [4.78, 5) is 0. The van der Waals surface area contributed by atoms with E-state index in [0.29, 0.717) is 6.04 Å². The summed E-state index contributed by atoms with van der Waals surface area (Å²) in [7, 11) is 1.74. The van der Waals surface area contributed by atoms with Crippen molar-refractivity contribution in [3.05, 3.63) is 17.0 Å². The highest BCUT2D eigenvalue weighted by Gasteiger charge is 2.16. The molecule has 0 aromatic carbocycles. The molecule has 98 valence electrons. The quantitative estimate of drug-likeness (QED) is 0.741. The van der Waals surface area contributed by atoms with Crippen LogP contribution in [0.15, 0.2) is 0 Å². The van der Waals surface area contributed by atoms with Crippen LogP contribution in [0.25, 0.3) is 0 Å². The first kappa shape index (κ1) is 14.2. The molecule has 0 saturated carbocycles. The summed E-state index contributed by atoms with van der Waals surface area (Å²) in [6, 6.07) is 0.371. The standard InChI is InChI=1S/C13H25N3O/c1-6-14-10(2)13-11(3)15-16(12(13)4)8-7-9-17-5/h10,14H,6-9H2,1-5H3. The number of aryl methyl sites for hydroxylation is 2. The minimum absolute atomic E-state index is 0.371. The molecule has 0 aliphatic carbocycles. The molecule has 1 atom stereocenters. The third kappa shape index (κ3) is 3.54. The average Bonchev–Trinajstić information content (AvgIpc) is 2.55. The summed E-state index contributed by atoms with van der Waals surface area (Å²) in [5.74, 6) is 0. The summed E-state index contributed by atoms with van der Waals surface area (Å²) in [6.07, 6.45) is 1.01. The molecule has 1 aromatic rings. The fraction of sp³-hybridized carbons (Fsp3) is 0.769. The van der Waals surface area contributed by atoms with Crippen LogP contribution in [0.2, 0.25) is 0 Å². The van der Waals surface area contributed by atoms with Gasteiger partial charge in [0.05, 0.1) is 5.69 Å². The molecule has 0 fully saturated rings. The summed E-state index contributed by atoms with van der Waals surface area (Å²) >= 11 is 0. The number of hydrogen-bond acceptors (Lipinski definition) is 3. The number of rotatable bonds is 7. The Morgan fingerprint density at radius 3 is 2.71 bits per heavy atom. The fourth-order valence-corrected chi connectivity index (χ4v) is 2.32. The Labute approximate surface area is 104 Å². The molecule has 1 heterocycles. The van der Waals surface area contributed by atoms with Crippen LogP contribution in [0.1, 0.15) is 43.3 Å². The second-order valence-electron chi connectivity index (χ2n) is 4.43. The third-order valence-corrected chi connectivity index (χ3v) is 3.10. The Hall–Kier alpha value is -0.870. The van der Waals surface area contributed by atoms with E-state index >= 15 is 0 Å². The third-order valence-electron chi connectivity index (χ3n) is 3.10. The van der Waals surface area contributed by atoms with Crippen LogP contribution in [0.5, 0.6) is 0 Å². The molecule has 0 spiro atoms. The van der Waals surface area contributed by atoms with Gasteiger partial charge in [0.15, 0.2) is 0 Å². The number of ether oxygens (including phenoxy) is 1. The van der Waals surface area contributed by atoms with Crippen LogP contribution >= 0.6 is 0 Å². The lowest BCUT2D eigenvalue weighted by atomic mass is 10.1. The zero-order valence-corrected chi connectivity index (χ0v) is 11.7. The van der Waals surface area contributed by atoms with Gasteiger partial charge in [-0.2, -0.15) is 5.10 Å². The molecular weight excluding hydrogens is 214 g/mol. The van der Waals surface area contributed by atoms with E-state index in [2.05, 4.69) is 42.8 Å². The van der Waals surface area contributed by atoms with Crippen LogP contribution < -0.4 is 5.32 Å². The van der Waals surface area contributed by atoms with Gasteiger partial charge in [-0.1, -0.05) is 6.92 Å². The maximum atomic E-state index is 5.07. The molecule has 1 rings (SSSR count). The van der Waals surface area contributed by atoms with Crippen molar-refractivity contribution in [3.63, 3.8) is 0 Å². The van der Waals surface area contributed by atoms with Gasteiger partial charge in [0.2, 0.25) is 0 Å². The van der Waals surface area contributed by atoms with Crippen LogP contribution in [0.3, 0.4) is 0 Å². The van der Waals surface area contributed by atoms with E-state index in [0.717, 1.165) is 31.8 Å². The van der Waals surface area contributed by atoms with E-state index in [9.17, 15) is 0 Å². The van der Waals surface area contributed by atoms with Crippen LogP contribution in [-0.2, 0) is 11.3 Å². The first-order valence-electron chi connectivity index (χ1n) is 6.38. The van der Waals surface area contributed by atoms with Crippen molar-refractivity contribution < 1.29 is 4.74 Å². The van der Waals surface area contributed by atoms with Gasteiger partial charge in [-0.15, -0.1) is 0 Å². The van der Waals surface area contributed by atoms with E-state index in [1.165, 1.54) is 11.3 Å². The topological polar surface area (TPSA) is 39.1 Å². The fourth-order valence-electron chi connectivity index (χ4n) is 2.32. The summed E-state index contributed by atoms with van der Waals surface area (Å²) in [5.41, 5.74) is 3.74. The van der Waals surface area contributed by atoms with Crippen molar-refractivity contribution in [2.45, 2.75) is 46.7 Å². The van der Waals surface area contributed by atoms with Crippen LogP contribution in [0.4, 0.5) is 0 Å². The Morgan fingerprint density at radius 1 is 1.41 bits per heavy atom. The zero-order valence-electron chi connectivity index (χ0n) is 11.7. The van der Waals surface area contributed by atoms with Gasteiger partial charge in [-0.3, -0.25) is 4.68 Å². The van der Waals surface area contributed by atoms with Crippen molar-refractivity contribution in [1.82, 2.24) is 15.1 Å². The van der Waals surface area contributed by atoms with Crippen molar-refractivity contribution in [1.29, 1.82) is 0 Å². The average molecular weight is 239 g/mol. The molecule has 0 aliphatic rings. The maximum Gasteiger partial charge on any atom is 0.0644 e. The summed E-state index contributed by atoms with van der Waals surface area (Å²) < 4.78 is 7.17. The van der Waals surface area contributed by atoms with Gasteiger partial charge in [-0.05, 0) is 33.7 Å². The summed E-state index contributed by atoms with van der Waals surface area (Å²) in [6.45, 7) is 11.3. The number of nitrogens with one attached hydrogen (secondary N) is 1. The highest BCUT2D eigenvalue weighted by molar-refractivity contribution is 5.27. The van der Waals surface area contributed by atoms with Crippen LogP contribution in [-0.4, -0.2) is 30.0 Å². The number of hydrogen-bond donors (Lipinski definition) is 1. The minimum Gasteiger partial charge on any atom is -0.385 e.